The summed E-state index contributed by atoms with van der Waals surface area (Å²) in [5.74, 6) is 2.54. The van der Waals surface area contributed by atoms with Gasteiger partial charge in [-0.15, -0.1) is 0 Å². The molecule has 0 unspecified atom stereocenters. The van der Waals surface area contributed by atoms with Crippen molar-refractivity contribution in [2.75, 3.05) is 11.6 Å². The lowest BCUT2D eigenvalue weighted by Crippen LogP contribution is -2.27. The van der Waals surface area contributed by atoms with Crippen LogP contribution >= 0.6 is 11.8 Å². The van der Waals surface area contributed by atoms with E-state index in [1.54, 1.807) is 6.20 Å². The Labute approximate surface area is 112 Å². The first kappa shape index (κ1) is 12.2. The molecule has 2 N–H and O–H groups in total. The van der Waals surface area contributed by atoms with Gasteiger partial charge in [-0.1, -0.05) is 18.2 Å². The van der Waals surface area contributed by atoms with E-state index in [2.05, 4.69) is 15.3 Å². The zero-order valence-corrected chi connectivity index (χ0v) is 11.4. The SMILES string of the molecule is CSc1ncc(CO)c(N[C@H]2C[C@H]3CC[C@@H]2C3)n1. The average Bonchev–Trinajstić information content (AvgIpc) is 3.01. The highest BCUT2D eigenvalue weighted by molar-refractivity contribution is 7.98. The molecule has 0 spiro atoms. The quantitative estimate of drug-likeness (QED) is 0.646. The van der Waals surface area contributed by atoms with Gasteiger partial charge in [0.1, 0.15) is 5.82 Å². The summed E-state index contributed by atoms with van der Waals surface area (Å²) in [6, 6.07) is 0.540. The zero-order chi connectivity index (χ0) is 12.5. The molecule has 0 aliphatic heterocycles. The smallest absolute Gasteiger partial charge is 0.189 e. The number of rotatable bonds is 4. The summed E-state index contributed by atoms with van der Waals surface area (Å²) in [5, 5.41) is 13.7. The number of hydrogen-bond donors (Lipinski definition) is 2. The van der Waals surface area contributed by atoms with E-state index in [1.807, 2.05) is 6.26 Å². The van der Waals surface area contributed by atoms with Gasteiger partial charge in [0.25, 0.3) is 0 Å². The second-order valence-electron chi connectivity index (χ2n) is 5.31. The van der Waals surface area contributed by atoms with Crippen molar-refractivity contribution < 1.29 is 5.11 Å². The molecule has 98 valence electrons. The van der Waals surface area contributed by atoms with Crippen LogP contribution < -0.4 is 5.32 Å². The summed E-state index contributed by atoms with van der Waals surface area (Å²) in [7, 11) is 0. The molecule has 4 nitrogen and oxygen atoms in total. The van der Waals surface area contributed by atoms with Crippen molar-refractivity contribution in [2.45, 2.75) is 43.5 Å². The second-order valence-corrected chi connectivity index (χ2v) is 6.09. The fraction of sp³-hybridized carbons (Fsp3) is 0.692. The molecule has 2 bridgehead atoms. The zero-order valence-electron chi connectivity index (χ0n) is 10.6. The van der Waals surface area contributed by atoms with Crippen molar-refractivity contribution in [1.29, 1.82) is 0 Å². The lowest BCUT2D eigenvalue weighted by atomic mass is 9.95. The minimum absolute atomic E-state index is 0.00217. The maximum atomic E-state index is 9.36. The van der Waals surface area contributed by atoms with Crippen LogP contribution in [0.25, 0.3) is 0 Å². The number of anilines is 1. The van der Waals surface area contributed by atoms with Crippen molar-refractivity contribution in [2.24, 2.45) is 11.8 Å². The second kappa shape index (κ2) is 5.05. The van der Waals surface area contributed by atoms with Crippen LogP contribution in [0.4, 0.5) is 5.82 Å². The highest BCUT2D eigenvalue weighted by Gasteiger charge is 2.39. The summed E-state index contributed by atoms with van der Waals surface area (Å²) in [5.41, 5.74) is 0.801. The van der Waals surface area contributed by atoms with Crippen molar-refractivity contribution >= 4 is 17.6 Å². The lowest BCUT2D eigenvalue weighted by Gasteiger charge is -2.24. The standard InChI is InChI=1S/C13H19N3OS/c1-18-13-14-6-10(7-17)12(16-13)15-11-5-8-2-3-9(11)4-8/h6,8-9,11,17H,2-5,7H2,1H3,(H,14,15,16)/t8-,9+,11-/m0/s1. The highest BCUT2D eigenvalue weighted by Crippen LogP contribution is 2.45. The molecule has 2 aliphatic carbocycles. The molecule has 0 amide bonds. The number of fused-ring (bicyclic) bond motifs is 2. The first-order valence-electron chi connectivity index (χ1n) is 6.57. The van der Waals surface area contributed by atoms with E-state index in [9.17, 15) is 5.11 Å². The van der Waals surface area contributed by atoms with Gasteiger partial charge in [0.15, 0.2) is 5.16 Å². The summed E-state index contributed by atoms with van der Waals surface area (Å²) in [6.45, 7) is -0.00217. The first-order valence-corrected chi connectivity index (χ1v) is 7.80. The van der Waals surface area contributed by atoms with E-state index in [0.717, 1.165) is 28.4 Å². The minimum atomic E-state index is -0.00217. The molecular formula is C13H19N3OS. The Balaban J connectivity index is 1.78. The highest BCUT2D eigenvalue weighted by atomic mass is 32.2. The van der Waals surface area contributed by atoms with Crippen LogP contribution in [-0.2, 0) is 6.61 Å². The predicted octanol–water partition coefficient (Wildman–Crippen LogP) is 2.29. The molecule has 0 aromatic carbocycles. The Morgan fingerprint density at radius 1 is 1.44 bits per heavy atom. The minimum Gasteiger partial charge on any atom is -0.391 e. The summed E-state index contributed by atoms with van der Waals surface area (Å²) in [6.07, 6.45) is 9.07. The number of nitrogens with zero attached hydrogens (tertiary/aromatic N) is 2. The monoisotopic (exact) mass is 265 g/mol. The van der Waals surface area contributed by atoms with Gasteiger partial charge in [0.05, 0.1) is 6.61 Å². The molecule has 1 aromatic rings. The average molecular weight is 265 g/mol. The third-order valence-corrected chi connectivity index (χ3v) is 4.82. The molecule has 2 fully saturated rings. The maximum Gasteiger partial charge on any atom is 0.189 e. The Bertz CT molecular complexity index is 440. The Kier molecular flexibility index (Phi) is 3.43. The van der Waals surface area contributed by atoms with E-state index in [1.165, 1.54) is 37.4 Å². The molecule has 3 rings (SSSR count). The van der Waals surface area contributed by atoms with Crippen LogP contribution in [0, 0.1) is 11.8 Å². The number of aromatic nitrogens is 2. The van der Waals surface area contributed by atoms with E-state index in [0.29, 0.717) is 6.04 Å². The normalized spacial score (nSPS) is 29.8. The van der Waals surface area contributed by atoms with Crippen LogP contribution in [0.15, 0.2) is 11.4 Å². The van der Waals surface area contributed by atoms with Crippen LogP contribution in [0.1, 0.15) is 31.2 Å². The van der Waals surface area contributed by atoms with Gasteiger partial charge in [-0.05, 0) is 37.4 Å². The molecule has 0 radical (unpaired) electrons. The molecule has 18 heavy (non-hydrogen) atoms. The fourth-order valence-corrected chi connectivity index (χ4v) is 3.67. The maximum absolute atomic E-state index is 9.36. The number of aliphatic hydroxyl groups excluding tert-OH is 1. The fourth-order valence-electron chi connectivity index (χ4n) is 3.33. The van der Waals surface area contributed by atoms with E-state index >= 15 is 0 Å². The molecule has 2 saturated carbocycles. The van der Waals surface area contributed by atoms with Crippen molar-refractivity contribution in [3.05, 3.63) is 11.8 Å². The molecule has 5 heteroatoms. The van der Waals surface area contributed by atoms with Gasteiger partial charge >= 0.3 is 0 Å². The number of hydrogen-bond acceptors (Lipinski definition) is 5. The first-order chi connectivity index (χ1) is 8.80. The topological polar surface area (TPSA) is 58.0 Å². The molecule has 1 aromatic heterocycles. The van der Waals surface area contributed by atoms with Gasteiger partial charge in [0, 0.05) is 17.8 Å². The van der Waals surface area contributed by atoms with Crippen LogP contribution in [0.5, 0.6) is 0 Å². The van der Waals surface area contributed by atoms with E-state index in [4.69, 9.17) is 0 Å². The van der Waals surface area contributed by atoms with Crippen LogP contribution in [0.2, 0.25) is 0 Å². The summed E-state index contributed by atoms with van der Waals surface area (Å²) < 4.78 is 0. The molecule has 0 saturated heterocycles. The van der Waals surface area contributed by atoms with Crippen molar-refractivity contribution in [3.63, 3.8) is 0 Å². The Morgan fingerprint density at radius 2 is 2.33 bits per heavy atom. The number of aliphatic hydroxyl groups is 1. The summed E-state index contributed by atoms with van der Waals surface area (Å²) >= 11 is 1.53. The molecule has 2 aliphatic rings. The van der Waals surface area contributed by atoms with Crippen molar-refractivity contribution in [1.82, 2.24) is 9.97 Å². The van der Waals surface area contributed by atoms with Gasteiger partial charge in [-0.25, -0.2) is 9.97 Å². The van der Waals surface area contributed by atoms with Gasteiger partial charge < -0.3 is 10.4 Å². The summed E-state index contributed by atoms with van der Waals surface area (Å²) in [4.78, 5) is 8.69. The third-order valence-electron chi connectivity index (χ3n) is 4.26. The Morgan fingerprint density at radius 3 is 2.94 bits per heavy atom. The third kappa shape index (κ3) is 2.21. The van der Waals surface area contributed by atoms with E-state index in [-0.39, 0.29) is 6.61 Å². The van der Waals surface area contributed by atoms with Gasteiger partial charge in [0.2, 0.25) is 0 Å². The molecule has 1 heterocycles. The van der Waals surface area contributed by atoms with Crippen LogP contribution in [-0.4, -0.2) is 27.4 Å². The number of nitrogens with one attached hydrogen (secondary N) is 1. The lowest BCUT2D eigenvalue weighted by molar-refractivity contribution is 0.281. The van der Waals surface area contributed by atoms with Gasteiger partial charge in [-0.3, -0.25) is 0 Å². The van der Waals surface area contributed by atoms with Gasteiger partial charge in [-0.2, -0.15) is 0 Å². The van der Waals surface area contributed by atoms with E-state index < -0.39 is 0 Å². The Hall–Kier alpha value is -0.810. The largest absolute Gasteiger partial charge is 0.391 e. The predicted molar refractivity (Wildman–Crippen MR) is 72.6 cm³/mol. The molecular weight excluding hydrogens is 246 g/mol. The molecule has 3 atom stereocenters. The van der Waals surface area contributed by atoms with Crippen molar-refractivity contribution in [3.8, 4) is 0 Å². The number of thioether (sulfide) groups is 1. The van der Waals surface area contributed by atoms with Crippen LogP contribution in [0.3, 0.4) is 0 Å².